The zero-order valence-electron chi connectivity index (χ0n) is 12.1. The van der Waals surface area contributed by atoms with Crippen LogP contribution in [0.5, 0.6) is 0 Å². The van der Waals surface area contributed by atoms with E-state index in [9.17, 15) is 0 Å². The molecule has 1 saturated carbocycles. The first kappa shape index (κ1) is 14.4. The Morgan fingerprint density at radius 3 is 1.95 bits per heavy atom. The summed E-state index contributed by atoms with van der Waals surface area (Å²) in [5.74, 6) is 0. The van der Waals surface area contributed by atoms with Gasteiger partial charge in [0.25, 0.3) is 0 Å². The minimum absolute atomic E-state index is 0.642. The van der Waals surface area contributed by atoms with Gasteiger partial charge < -0.3 is 5.32 Å². The number of aromatic nitrogens is 1. The Labute approximate surface area is 118 Å². The van der Waals surface area contributed by atoms with Crippen LogP contribution in [0.4, 0.5) is 5.69 Å². The molecule has 1 aliphatic carbocycles. The van der Waals surface area contributed by atoms with Gasteiger partial charge in [0, 0.05) is 18.4 Å². The van der Waals surface area contributed by atoms with Crippen LogP contribution < -0.4 is 5.32 Å². The van der Waals surface area contributed by atoms with E-state index in [-0.39, 0.29) is 0 Å². The number of hydrogen-bond donors (Lipinski definition) is 1. The summed E-state index contributed by atoms with van der Waals surface area (Å²) in [7, 11) is 0. The summed E-state index contributed by atoms with van der Waals surface area (Å²) >= 11 is 0. The first-order valence-corrected chi connectivity index (χ1v) is 8.12. The van der Waals surface area contributed by atoms with Gasteiger partial charge in [-0.1, -0.05) is 57.8 Å². The Morgan fingerprint density at radius 2 is 1.42 bits per heavy atom. The molecule has 0 saturated heterocycles. The van der Waals surface area contributed by atoms with E-state index in [1.807, 2.05) is 18.5 Å². The van der Waals surface area contributed by atoms with Crippen molar-refractivity contribution >= 4 is 5.69 Å². The van der Waals surface area contributed by atoms with Crippen molar-refractivity contribution in [2.45, 2.75) is 76.7 Å². The van der Waals surface area contributed by atoms with E-state index in [1.165, 1.54) is 76.3 Å². The van der Waals surface area contributed by atoms with Gasteiger partial charge in [0.2, 0.25) is 0 Å². The van der Waals surface area contributed by atoms with Gasteiger partial charge in [0.15, 0.2) is 0 Å². The molecule has 2 rings (SSSR count). The first-order chi connectivity index (χ1) is 9.45. The molecule has 0 aromatic carbocycles. The van der Waals surface area contributed by atoms with Crippen molar-refractivity contribution in [1.29, 1.82) is 0 Å². The Kier molecular flexibility index (Phi) is 6.76. The number of nitrogens with one attached hydrogen (secondary N) is 1. The average Bonchev–Trinajstić information content (AvgIpc) is 2.43. The molecule has 106 valence electrons. The predicted octanol–water partition coefficient (Wildman–Crippen LogP) is 5.17. The molecule has 0 unspecified atom stereocenters. The van der Waals surface area contributed by atoms with Gasteiger partial charge in [-0.25, -0.2) is 0 Å². The maximum absolute atomic E-state index is 4.19. The topological polar surface area (TPSA) is 24.9 Å². The molecule has 1 aromatic rings. The third-order valence-electron chi connectivity index (χ3n) is 4.14. The van der Waals surface area contributed by atoms with Crippen molar-refractivity contribution in [1.82, 2.24) is 4.98 Å². The SMILES string of the molecule is c1cncc(NC2CCCCCCCCCCC2)c1. The van der Waals surface area contributed by atoms with Gasteiger partial charge in [-0.2, -0.15) is 0 Å². The summed E-state index contributed by atoms with van der Waals surface area (Å²) in [4.78, 5) is 4.19. The number of hydrogen-bond acceptors (Lipinski definition) is 2. The Morgan fingerprint density at radius 1 is 0.842 bits per heavy atom. The Bertz CT molecular complexity index is 311. The molecule has 1 aliphatic rings. The number of pyridine rings is 1. The summed E-state index contributed by atoms with van der Waals surface area (Å²) in [5, 5.41) is 3.67. The fraction of sp³-hybridized carbons (Fsp3) is 0.706. The molecular formula is C17H28N2. The zero-order valence-corrected chi connectivity index (χ0v) is 12.1. The molecule has 0 aliphatic heterocycles. The van der Waals surface area contributed by atoms with Gasteiger partial charge in [-0.15, -0.1) is 0 Å². The van der Waals surface area contributed by atoms with Crippen LogP contribution in [-0.4, -0.2) is 11.0 Å². The van der Waals surface area contributed by atoms with Crippen LogP contribution in [0, 0.1) is 0 Å². The lowest BCUT2D eigenvalue weighted by Gasteiger charge is -2.20. The normalized spacial score (nSPS) is 20.2. The van der Waals surface area contributed by atoms with Crippen LogP contribution >= 0.6 is 0 Å². The predicted molar refractivity (Wildman–Crippen MR) is 82.4 cm³/mol. The van der Waals surface area contributed by atoms with Crippen LogP contribution in [0.3, 0.4) is 0 Å². The monoisotopic (exact) mass is 260 g/mol. The van der Waals surface area contributed by atoms with E-state index in [0.29, 0.717) is 6.04 Å². The molecule has 19 heavy (non-hydrogen) atoms. The smallest absolute Gasteiger partial charge is 0.0528 e. The number of rotatable bonds is 2. The molecule has 2 heteroatoms. The van der Waals surface area contributed by atoms with E-state index in [2.05, 4.69) is 16.4 Å². The highest BCUT2D eigenvalue weighted by molar-refractivity contribution is 5.40. The van der Waals surface area contributed by atoms with Crippen molar-refractivity contribution < 1.29 is 0 Å². The Balaban J connectivity index is 1.81. The highest BCUT2D eigenvalue weighted by atomic mass is 14.9. The lowest BCUT2D eigenvalue weighted by molar-refractivity contribution is 0.480. The third kappa shape index (κ3) is 6.09. The summed E-state index contributed by atoms with van der Waals surface area (Å²) in [6, 6.07) is 4.78. The fourth-order valence-corrected chi connectivity index (χ4v) is 2.99. The van der Waals surface area contributed by atoms with E-state index in [4.69, 9.17) is 0 Å². The minimum atomic E-state index is 0.642. The summed E-state index contributed by atoms with van der Waals surface area (Å²) in [6.07, 6.45) is 19.2. The molecule has 0 spiro atoms. The molecule has 1 N–H and O–H groups in total. The van der Waals surface area contributed by atoms with Crippen molar-refractivity contribution in [3.63, 3.8) is 0 Å². The van der Waals surface area contributed by atoms with Crippen molar-refractivity contribution in [2.24, 2.45) is 0 Å². The maximum Gasteiger partial charge on any atom is 0.0528 e. The average molecular weight is 260 g/mol. The summed E-state index contributed by atoms with van der Waals surface area (Å²) in [5.41, 5.74) is 1.18. The molecule has 0 bridgehead atoms. The van der Waals surface area contributed by atoms with E-state index in [1.54, 1.807) is 0 Å². The highest BCUT2D eigenvalue weighted by Gasteiger charge is 2.09. The standard InChI is InChI=1S/C17H28N2/c1-2-4-6-8-11-16(12-9-7-5-3-1)19-17-13-10-14-18-15-17/h10,13-16,19H,1-9,11-12H2. The largest absolute Gasteiger partial charge is 0.381 e. The van der Waals surface area contributed by atoms with Crippen LogP contribution in [0.2, 0.25) is 0 Å². The second-order valence-electron chi connectivity index (χ2n) is 5.84. The molecule has 2 nitrogen and oxygen atoms in total. The third-order valence-corrected chi connectivity index (χ3v) is 4.14. The van der Waals surface area contributed by atoms with Gasteiger partial charge in [0.1, 0.15) is 0 Å². The van der Waals surface area contributed by atoms with Crippen LogP contribution in [0.1, 0.15) is 70.6 Å². The number of anilines is 1. The molecule has 1 fully saturated rings. The maximum atomic E-state index is 4.19. The van der Waals surface area contributed by atoms with Crippen molar-refractivity contribution in [2.75, 3.05) is 5.32 Å². The molecule has 0 atom stereocenters. The van der Waals surface area contributed by atoms with Crippen LogP contribution in [-0.2, 0) is 0 Å². The lowest BCUT2D eigenvalue weighted by Crippen LogP contribution is -2.19. The lowest BCUT2D eigenvalue weighted by atomic mass is 9.98. The van der Waals surface area contributed by atoms with Crippen LogP contribution in [0.15, 0.2) is 24.5 Å². The fourth-order valence-electron chi connectivity index (χ4n) is 2.99. The quantitative estimate of drug-likeness (QED) is 0.793. The summed E-state index contributed by atoms with van der Waals surface area (Å²) in [6.45, 7) is 0. The molecule has 1 heterocycles. The van der Waals surface area contributed by atoms with Crippen molar-refractivity contribution in [3.8, 4) is 0 Å². The highest BCUT2D eigenvalue weighted by Crippen LogP contribution is 2.19. The van der Waals surface area contributed by atoms with Crippen LogP contribution in [0.25, 0.3) is 0 Å². The first-order valence-electron chi connectivity index (χ1n) is 8.12. The van der Waals surface area contributed by atoms with Gasteiger partial charge in [0.05, 0.1) is 5.69 Å². The zero-order chi connectivity index (χ0) is 13.2. The van der Waals surface area contributed by atoms with Gasteiger partial charge in [-0.3, -0.25) is 4.98 Å². The van der Waals surface area contributed by atoms with E-state index >= 15 is 0 Å². The second-order valence-corrected chi connectivity index (χ2v) is 5.84. The van der Waals surface area contributed by atoms with Crippen molar-refractivity contribution in [3.05, 3.63) is 24.5 Å². The Hall–Kier alpha value is -1.05. The molecular weight excluding hydrogens is 232 g/mol. The summed E-state index contributed by atoms with van der Waals surface area (Å²) < 4.78 is 0. The minimum Gasteiger partial charge on any atom is -0.381 e. The molecule has 1 aromatic heterocycles. The van der Waals surface area contributed by atoms with E-state index < -0.39 is 0 Å². The van der Waals surface area contributed by atoms with Gasteiger partial charge in [-0.05, 0) is 25.0 Å². The molecule has 0 radical (unpaired) electrons. The number of nitrogens with zero attached hydrogens (tertiary/aromatic N) is 1. The second kappa shape index (κ2) is 8.95. The van der Waals surface area contributed by atoms with Gasteiger partial charge >= 0.3 is 0 Å². The van der Waals surface area contributed by atoms with E-state index in [0.717, 1.165) is 0 Å². The molecule has 0 amide bonds.